The average molecular weight is 449 g/mol. The van der Waals surface area contributed by atoms with Crippen LogP contribution in [0.1, 0.15) is 58.9 Å². The van der Waals surface area contributed by atoms with E-state index in [-0.39, 0.29) is 0 Å². The molecule has 1 heterocycles. The Morgan fingerprint density at radius 3 is 1.66 bits per heavy atom. The van der Waals surface area contributed by atoms with Gasteiger partial charge in [-0.1, -0.05) is 126 Å². The first-order chi connectivity index (χ1) is 15.6. The number of rotatable bonds is 1. The maximum atomic E-state index is 3.36. The Bertz CT molecular complexity index is 900. The van der Waals surface area contributed by atoms with Gasteiger partial charge in [0.05, 0.1) is 0 Å². The predicted octanol–water partition coefficient (Wildman–Crippen LogP) is 11.1. The molecule has 0 nitrogen and oxygen atoms in total. The predicted molar refractivity (Wildman–Crippen MR) is 153 cm³/mol. The van der Waals surface area contributed by atoms with Gasteiger partial charge in [-0.05, 0) is 49.4 Å². The van der Waals surface area contributed by atoms with Gasteiger partial charge < -0.3 is 0 Å². The van der Waals surface area contributed by atoms with Gasteiger partial charge in [0.2, 0.25) is 0 Å². The lowest BCUT2D eigenvalue weighted by atomic mass is 10.0. The Kier molecular flexibility index (Phi) is 21.3. The minimum absolute atomic E-state index is 1.28. The van der Waals surface area contributed by atoms with Gasteiger partial charge in [-0.2, -0.15) is 0 Å². The van der Waals surface area contributed by atoms with Gasteiger partial charge in [0.1, 0.15) is 0 Å². The number of hydrogen-bond donors (Lipinski definition) is 0. The summed E-state index contributed by atoms with van der Waals surface area (Å²) in [6, 6.07) is 29.7. The highest BCUT2D eigenvalue weighted by atomic mass is 32.1. The summed E-state index contributed by atoms with van der Waals surface area (Å²) in [5.41, 5.74) is 3.88. The molecule has 0 atom stereocenters. The Balaban J connectivity index is 0. The fourth-order valence-corrected chi connectivity index (χ4v) is 3.49. The molecule has 0 saturated carbocycles. The molecule has 1 heteroatoms. The Hall–Kier alpha value is -2.64. The molecule has 0 amide bonds. The highest BCUT2D eigenvalue weighted by Gasteiger charge is 1.95. The number of hydrogen-bond acceptors (Lipinski definition) is 1. The fraction of sp³-hybridized carbons (Fsp3) is 0.290. The summed E-state index contributed by atoms with van der Waals surface area (Å²) in [5.74, 6) is 0. The van der Waals surface area contributed by atoms with Crippen molar-refractivity contribution in [1.82, 2.24) is 0 Å². The van der Waals surface area contributed by atoms with Gasteiger partial charge in [-0.3, -0.25) is 0 Å². The van der Waals surface area contributed by atoms with E-state index >= 15 is 0 Å². The van der Waals surface area contributed by atoms with Crippen LogP contribution < -0.4 is 0 Å². The number of benzene rings is 3. The lowest BCUT2D eigenvalue weighted by molar-refractivity contribution is 1.47. The molecule has 1 aromatic heterocycles. The molecule has 4 rings (SSSR count). The minimum Gasteiger partial charge on any atom is -0.141 e. The van der Waals surface area contributed by atoms with Crippen LogP contribution in [0.3, 0.4) is 0 Å². The molecular formula is C31H44S. The Labute approximate surface area is 202 Å². The lowest BCUT2D eigenvalue weighted by Crippen LogP contribution is -1.77. The topological polar surface area (TPSA) is 0 Å². The van der Waals surface area contributed by atoms with Crippen molar-refractivity contribution in [3.63, 3.8) is 0 Å². The van der Waals surface area contributed by atoms with Crippen LogP contribution in [0, 0.1) is 13.8 Å². The maximum absolute atomic E-state index is 3.36. The third-order valence-corrected chi connectivity index (χ3v) is 4.71. The van der Waals surface area contributed by atoms with Crippen LogP contribution in [0.15, 0.2) is 97.6 Å². The first kappa shape index (κ1) is 31.5. The van der Waals surface area contributed by atoms with Crippen LogP contribution in [-0.4, -0.2) is 0 Å². The van der Waals surface area contributed by atoms with Crippen LogP contribution in [-0.2, 0) is 0 Å². The molecule has 174 valence electrons. The highest BCUT2D eigenvalue weighted by molar-refractivity contribution is 7.19. The van der Waals surface area contributed by atoms with Crippen molar-refractivity contribution < 1.29 is 0 Å². The van der Waals surface area contributed by atoms with Crippen molar-refractivity contribution >= 4 is 21.4 Å². The zero-order chi connectivity index (χ0) is 24.8. The molecule has 0 N–H and O–H groups in total. The van der Waals surface area contributed by atoms with E-state index in [0.717, 1.165) is 0 Å². The SMILES string of the molecule is C=CC.CC.CC.CC.Cc1cc2ccccc2s1.Cc1cccc(-c2ccccc2)c1. The first-order valence-electron chi connectivity index (χ1n) is 11.8. The molecule has 0 aliphatic heterocycles. The van der Waals surface area contributed by atoms with Crippen molar-refractivity contribution in [3.8, 4) is 11.1 Å². The van der Waals surface area contributed by atoms with Crippen molar-refractivity contribution in [2.45, 2.75) is 62.3 Å². The number of thiophene rings is 1. The van der Waals surface area contributed by atoms with Crippen LogP contribution in [0.25, 0.3) is 21.2 Å². The van der Waals surface area contributed by atoms with Crippen LogP contribution in [0.5, 0.6) is 0 Å². The quantitative estimate of drug-likeness (QED) is 0.254. The van der Waals surface area contributed by atoms with Gasteiger partial charge in [-0.15, -0.1) is 17.9 Å². The monoisotopic (exact) mass is 448 g/mol. The summed E-state index contributed by atoms with van der Waals surface area (Å²) in [6.45, 7) is 21.5. The molecule has 4 aromatic rings. The summed E-state index contributed by atoms with van der Waals surface area (Å²) in [7, 11) is 0. The molecule has 0 saturated heterocycles. The van der Waals surface area contributed by atoms with E-state index in [1.54, 1.807) is 6.08 Å². The van der Waals surface area contributed by atoms with Gasteiger partial charge in [-0.25, -0.2) is 0 Å². The van der Waals surface area contributed by atoms with E-state index in [4.69, 9.17) is 0 Å². The summed E-state index contributed by atoms with van der Waals surface area (Å²) in [6.07, 6.45) is 1.75. The van der Waals surface area contributed by atoms with Crippen molar-refractivity contribution in [2.75, 3.05) is 0 Å². The van der Waals surface area contributed by atoms with Crippen molar-refractivity contribution in [1.29, 1.82) is 0 Å². The van der Waals surface area contributed by atoms with E-state index < -0.39 is 0 Å². The minimum atomic E-state index is 1.28. The standard InChI is InChI=1S/C13H12.C9H8S.C3H6.3C2H6/c1-11-6-5-9-13(10-11)12-7-3-2-4-8-12;1-7-6-8-4-2-3-5-9(8)10-7;1-3-2;3*1-2/h2-10H,1H3;2-6H,1H3;3H,1H2,2H3;3*1-2H3. The molecule has 0 radical (unpaired) electrons. The number of allylic oxidation sites excluding steroid dienone is 1. The lowest BCUT2D eigenvalue weighted by Gasteiger charge is -2.01. The molecule has 0 fully saturated rings. The molecule has 32 heavy (non-hydrogen) atoms. The summed E-state index contributed by atoms with van der Waals surface area (Å²) >= 11 is 1.85. The third kappa shape index (κ3) is 12.9. The Morgan fingerprint density at radius 1 is 0.625 bits per heavy atom. The second-order valence-electron chi connectivity index (χ2n) is 6.04. The van der Waals surface area contributed by atoms with Crippen molar-refractivity contribution in [3.05, 3.63) is 108 Å². The molecule has 0 unspecified atom stereocenters. The van der Waals surface area contributed by atoms with E-state index in [9.17, 15) is 0 Å². The molecule has 0 aliphatic carbocycles. The maximum Gasteiger partial charge on any atom is 0.0345 e. The summed E-state index contributed by atoms with van der Waals surface area (Å²) in [4.78, 5) is 1.39. The Morgan fingerprint density at radius 2 is 1.12 bits per heavy atom. The van der Waals surface area contributed by atoms with Crippen LogP contribution >= 0.6 is 11.3 Å². The third-order valence-electron chi connectivity index (χ3n) is 3.67. The molecule has 0 aliphatic rings. The van der Waals surface area contributed by atoms with Gasteiger partial charge in [0.15, 0.2) is 0 Å². The van der Waals surface area contributed by atoms with Crippen LogP contribution in [0.4, 0.5) is 0 Å². The van der Waals surface area contributed by atoms with Gasteiger partial charge in [0, 0.05) is 9.58 Å². The number of aryl methyl sites for hydroxylation is 2. The smallest absolute Gasteiger partial charge is 0.0345 e. The zero-order valence-electron chi connectivity index (χ0n) is 21.8. The average Bonchev–Trinajstić information content (AvgIpc) is 3.25. The summed E-state index contributed by atoms with van der Waals surface area (Å²) < 4.78 is 1.39. The van der Waals surface area contributed by atoms with Crippen LogP contribution in [0.2, 0.25) is 0 Å². The first-order valence-corrected chi connectivity index (χ1v) is 12.6. The molecule has 0 bridgehead atoms. The van der Waals surface area contributed by atoms with E-state index in [2.05, 4.69) is 99.3 Å². The molecule has 0 spiro atoms. The normalized spacial score (nSPS) is 8.28. The van der Waals surface area contributed by atoms with E-state index in [1.165, 1.54) is 31.7 Å². The molecular weight excluding hydrogens is 404 g/mol. The second-order valence-corrected chi connectivity index (χ2v) is 7.33. The highest BCUT2D eigenvalue weighted by Crippen LogP contribution is 2.23. The van der Waals surface area contributed by atoms with E-state index in [1.807, 2.05) is 65.9 Å². The van der Waals surface area contributed by atoms with Gasteiger partial charge >= 0.3 is 0 Å². The number of fused-ring (bicyclic) bond motifs is 1. The summed E-state index contributed by atoms with van der Waals surface area (Å²) in [5, 5.41) is 1.37. The van der Waals surface area contributed by atoms with Gasteiger partial charge in [0.25, 0.3) is 0 Å². The van der Waals surface area contributed by atoms with E-state index in [0.29, 0.717) is 0 Å². The fourth-order valence-electron chi connectivity index (χ4n) is 2.57. The van der Waals surface area contributed by atoms with Crippen molar-refractivity contribution in [2.24, 2.45) is 0 Å². The largest absolute Gasteiger partial charge is 0.141 e. The zero-order valence-corrected chi connectivity index (χ0v) is 22.6. The molecule has 3 aromatic carbocycles. The second kappa shape index (κ2) is 21.6.